The van der Waals surface area contributed by atoms with Crippen molar-refractivity contribution in [2.24, 2.45) is 5.92 Å². The fraction of sp³-hybridized carbons (Fsp3) is 0.850. The molecular formula is C20H34O6. The van der Waals surface area contributed by atoms with Gasteiger partial charge < -0.3 is 24.4 Å². The Kier molecular flexibility index (Phi) is 9.05. The molecule has 1 aliphatic carbocycles. The molecule has 0 aromatic heterocycles. The molecule has 26 heavy (non-hydrogen) atoms. The lowest BCUT2D eigenvalue weighted by Crippen LogP contribution is -2.48. The van der Waals surface area contributed by atoms with Gasteiger partial charge in [-0.05, 0) is 45.4 Å². The van der Waals surface area contributed by atoms with Crippen molar-refractivity contribution < 1.29 is 29.2 Å². The summed E-state index contributed by atoms with van der Waals surface area (Å²) in [6.45, 7) is 4.20. The van der Waals surface area contributed by atoms with Gasteiger partial charge in [-0.15, -0.1) is 0 Å². The largest absolute Gasteiger partial charge is 0.462 e. The first kappa shape index (κ1) is 21.4. The minimum atomic E-state index is -0.825. The number of ether oxygens (including phenoxy) is 3. The maximum atomic E-state index is 11.7. The van der Waals surface area contributed by atoms with Crippen molar-refractivity contribution in [3.05, 3.63) is 12.2 Å². The van der Waals surface area contributed by atoms with E-state index in [1.54, 1.807) is 13.0 Å². The molecule has 0 spiro atoms. The van der Waals surface area contributed by atoms with Crippen molar-refractivity contribution in [1.82, 2.24) is 0 Å². The van der Waals surface area contributed by atoms with Crippen molar-refractivity contribution >= 4 is 5.97 Å². The van der Waals surface area contributed by atoms with Crippen LogP contribution in [0.3, 0.4) is 0 Å². The maximum Gasteiger partial charge on any atom is 0.330 e. The van der Waals surface area contributed by atoms with E-state index < -0.39 is 18.5 Å². The molecule has 6 heteroatoms. The van der Waals surface area contributed by atoms with Crippen molar-refractivity contribution in [3.8, 4) is 0 Å². The van der Waals surface area contributed by atoms with Crippen LogP contribution in [0.2, 0.25) is 0 Å². The van der Waals surface area contributed by atoms with Gasteiger partial charge >= 0.3 is 5.97 Å². The van der Waals surface area contributed by atoms with E-state index in [1.165, 1.54) is 25.3 Å². The Hall–Kier alpha value is -0.950. The number of allylic oxidation sites excluding steroid dienone is 1. The number of hydrogen-bond donors (Lipinski definition) is 2. The molecule has 6 nitrogen and oxygen atoms in total. The average Bonchev–Trinajstić information content (AvgIpc) is 2.62. The Balaban J connectivity index is 1.59. The molecule has 0 radical (unpaired) electrons. The Morgan fingerprint density at radius 1 is 1.23 bits per heavy atom. The zero-order chi connectivity index (χ0) is 18.9. The highest BCUT2D eigenvalue weighted by Gasteiger charge is 2.35. The van der Waals surface area contributed by atoms with Crippen LogP contribution in [0.25, 0.3) is 0 Å². The molecule has 2 rings (SSSR count). The lowest BCUT2D eigenvalue weighted by Gasteiger charge is -2.36. The van der Waals surface area contributed by atoms with E-state index in [1.807, 2.05) is 6.92 Å². The van der Waals surface area contributed by atoms with Crippen LogP contribution >= 0.6 is 0 Å². The van der Waals surface area contributed by atoms with Crippen LogP contribution in [0, 0.1) is 5.92 Å². The first-order valence-corrected chi connectivity index (χ1v) is 9.96. The summed E-state index contributed by atoms with van der Waals surface area (Å²) in [7, 11) is 0. The molecule has 2 fully saturated rings. The maximum absolute atomic E-state index is 11.7. The molecule has 1 heterocycles. The number of aliphatic hydroxyl groups excluding tert-OH is 2. The zero-order valence-electron chi connectivity index (χ0n) is 16.0. The second-order valence-corrected chi connectivity index (χ2v) is 7.64. The van der Waals surface area contributed by atoms with E-state index in [4.69, 9.17) is 14.2 Å². The van der Waals surface area contributed by atoms with E-state index in [0.29, 0.717) is 25.4 Å². The van der Waals surface area contributed by atoms with Crippen molar-refractivity contribution in [2.45, 2.75) is 95.9 Å². The van der Waals surface area contributed by atoms with Gasteiger partial charge in [0.05, 0.1) is 24.9 Å². The molecule has 2 unspecified atom stereocenters. The van der Waals surface area contributed by atoms with E-state index in [9.17, 15) is 15.0 Å². The predicted molar refractivity (Wildman–Crippen MR) is 97.4 cm³/mol. The molecule has 5 atom stereocenters. The van der Waals surface area contributed by atoms with Crippen LogP contribution in [0.5, 0.6) is 0 Å². The molecule has 0 amide bonds. The first-order valence-electron chi connectivity index (χ1n) is 9.96. The van der Waals surface area contributed by atoms with Gasteiger partial charge in [-0.3, -0.25) is 0 Å². The Morgan fingerprint density at radius 2 is 1.96 bits per heavy atom. The minimum absolute atomic E-state index is 0.125. The van der Waals surface area contributed by atoms with Gasteiger partial charge in [-0.2, -0.15) is 0 Å². The van der Waals surface area contributed by atoms with Crippen LogP contribution in [0.15, 0.2) is 12.2 Å². The summed E-state index contributed by atoms with van der Waals surface area (Å²) in [6, 6.07) is 0. The summed E-state index contributed by atoms with van der Waals surface area (Å²) in [5.74, 6) is 0.246. The summed E-state index contributed by atoms with van der Waals surface area (Å²) in [4.78, 5) is 11.7. The van der Waals surface area contributed by atoms with Crippen LogP contribution in [-0.4, -0.2) is 53.5 Å². The molecule has 1 aliphatic heterocycles. The second kappa shape index (κ2) is 11.0. The van der Waals surface area contributed by atoms with Gasteiger partial charge in [0.15, 0.2) is 6.29 Å². The molecule has 0 aromatic rings. The molecule has 2 N–H and O–H groups in total. The standard InChI is InChI=1S/C20H34O6/c1-14(25-20-18(22)12-17(21)15(2)26-20)8-6-7-11-19(23)24-13-16-9-4-3-5-10-16/h7,11,14-18,20-22H,3-6,8-10,12-13H2,1-2H3/b11-7+/t14-,15+,17?,18-,20?/m1/s1. The van der Waals surface area contributed by atoms with Crippen LogP contribution < -0.4 is 0 Å². The summed E-state index contributed by atoms with van der Waals surface area (Å²) in [5, 5.41) is 19.6. The Morgan fingerprint density at radius 3 is 2.69 bits per heavy atom. The highest BCUT2D eigenvalue weighted by Crippen LogP contribution is 2.24. The summed E-state index contributed by atoms with van der Waals surface area (Å²) < 4.78 is 16.5. The molecular weight excluding hydrogens is 336 g/mol. The predicted octanol–water partition coefficient (Wildman–Crippen LogP) is 2.71. The lowest BCUT2D eigenvalue weighted by atomic mass is 9.90. The number of carbonyl (C=O) groups excluding carboxylic acids is 1. The summed E-state index contributed by atoms with van der Waals surface area (Å²) in [5.41, 5.74) is 0. The van der Waals surface area contributed by atoms with Crippen LogP contribution in [0.4, 0.5) is 0 Å². The number of rotatable bonds is 8. The molecule has 0 bridgehead atoms. The first-order chi connectivity index (χ1) is 12.5. The van der Waals surface area contributed by atoms with Crippen molar-refractivity contribution in [1.29, 1.82) is 0 Å². The minimum Gasteiger partial charge on any atom is -0.462 e. The highest BCUT2D eigenvalue weighted by atomic mass is 16.7. The molecule has 1 saturated carbocycles. The molecule has 1 saturated heterocycles. The van der Waals surface area contributed by atoms with Crippen LogP contribution in [0.1, 0.15) is 65.2 Å². The number of esters is 1. The third-order valence-electron chi connectivity index (χ3n) is 5.23. The number of hydrogen-bond acceptors (Lipinski definition) is 6. The zero-order valence-corrected chi connectivity index (χ0v) is 16.0. The van der Waals surface area contributed by atoms with Crippen molar-refractivity contribution in [3.63, 3.8) is 0 Å². The Labute approximate surface area is 156 Å². The van der Waals surface area contributed by atoms with Gasteiger partial charge in [-0.1, -0.05) is 25.3 Å². The third-order valence-corrected chi connectivity index (χ3v) is 5.23. The average molecular weight is 370 g/mol. The molecule has 0 aromatic carbocycles. The summed E-state index contributed by atoms with van der Waals surface area (Å²) >= 11 is 0. The SMILES string of the molecule is C[C@H](CC/C=C/C(=O)OCC1CCCCC1)OC1O[C@@H](C)C(O)C[C@H]1O. The quantitative estimate of drug-likeness (QED) is 0.505. The lowest BCUT2D eigenvalue weighted by molar-refractivity contribution is -0.273. The van der Waals surface area contributed by atoms with E-state index in [0.717, 1.165) is 12.8 Å². The van der Waals surface area contributed by atoms with Gasteiger partial charge in [0.1, 0.15) is 6.10 Å². The number of aliphatic hydroxyl groups is 2. The monoisotopic (exact) mass is 370 g/mol. The van der Waals surface area contributed by atoms with E-state index in [2.05, 4.69) is 0 Å². The van der Waals surface area contributed by atoms with E-state index >= 15 is 0 Å². The van der Waals surface area contributed by atoms with Crippen molar-refractivity contribution in [2.75, 3.05) is 6.61 Å². The highest BCUT2D eigenvalue weighted by molar-refractivity contribution is 5.81. The van der Waals surface area contributed by atoms with Gasteiger partial charge in [0.2, 0.25) is 0 Å². The normalized spacial score (nSPS) is 31.8. The molecule has 150 valence electrons. The van der Waals surface area contributed by atoms with Gasteiger partial charge in [-0.25, -0.2) is 4.79 Å². The molecule has 2 aliphatic rings. The van der Waals surface area contributed by atoms with Gasteiger partial charge in [0, 0.05) is 12.5 Å². The van der Waals surface area contributed by atoms with Gasteiger partial charge in [0.25, 0.3) is 0 Å². The third kappa shape index (κ3) is 7.35. The number of carbonyl (C=O) groups is 1. The fourth-order valence-electron chi connectivity index (χ4n) is 3.48. The Bertz CT molecular complexity index is 446. The summed E-state index contributed by atoms with van der Waals surface area (Å²) in [6.07, 6.45) is 8.36. The topological polar surface area (TPSA) is 85.2 Å². The fourth-order valence-corrected chi connectivity index (χ4v) is 3.48. The van der Waals surface area contributed by atoms with Crippen LogP contribution in [-0.2, 0) is 19.0 Å². The van der Waals surface area contributed by atoms with E-state index in [-0.39, 0.29) is 24.6 Å². The smallest absolute Gasteiger partial charge is 0.330 e. The second-order valence-electron chi connectivity index (χ2n) is 7.64.